The van der Waals surface area contributed by atoms with Crippen molar-refractivity contribution < 1.29 is 4.79 Å². The number of nitrogens with zero attached hydrogens (tertiary/aromatic N) is 4. The van der Waals surface area contributed by atoms with Gasteiger partial charge in [0.1, 0.15) is 22.7 Å². The van der Waals surface area contributed by atoms with E-state index in [9.17, 15) is 4.79 Å². The van der Waals surface area contributed by atoms with E-state index in [0.29, 0.717) is 10.7 Å². The van der Waals surface area contributed by atoms with E-state index in [-0.39, 0.29) is 0 Å². The highest BCUT2D eigenvalue weighted by Gasteiger charge is 2.13. The molecule has 0 saturated heterocycles. The minimum Gasteiger partial charge on any atom is -0.296 e. The van der Waals surface area contributed by atoms with E-state index >= 15 is 0 Å². The summed E-state index contributed by atoms with van der Waals surface area (Å²) in [5.41, 5.74) is 1.29. The fourth-order valence-corrected chi connectivity index (χ4v) is 2.92. The molecule has 84 valence electrons. The maximum atomic E-state index is 11.1. The fourth-order valence-electron chi connectivity index (χ4n) is 1.47. The smallest absolute Gasteiger partial charge is 0.176 e. The molecule has 17 heavy (non-hydrogen) atoms. The highest BCUT2D eigenvalue weighted by Crippen LogP contribution is 2.29. The van der Waals surface area contributed by atoms with Gasteiger partial charge in [0.05, 0.1) is 0 Å². The van der Waals surface area contributed by atoms with Gasteiger partial charge in [-0.2, -0.15) is 4.37 Å². The van der Waals surface area contributed by atoms with Crippen molar-refractivity contribution in [2.24, 2.45) is 0 Å². The largest absolute Gasteiger partial charge is 0.296 e. The van der Waals surface area contributed by atoms with Crippen LogP contribution >= 0.6 is 23.3 Å². The molecule has 0 N–H and O–H groups in total. The van der Waals surface area contributed by atoms with Gasteiger partial charge in [-0.05, 0) is 35.4 Å². The van der Waals surface area contributed by atoms with Crippen LogP contribution in [0.3, 0.4) is 0 Å². The second-order valence-corrected chi connectivity index (χ2v) is 5.17. The van der Waals surface area contributed by atoms with Crippen molar-refractivity contribution in [1.29, 1.82) is 0 Å². The predicted molar refractivity (Wildman–Crippen MR) is 64.6 cm³/mol. The molecule has 0 atom stereocenters. The number of hydrogen-bond acceptors (Lipinski definition) is 6. The van der Waals surface area contributed by atoms with E-state index in [0.717, 1.165) is 16.3 Å². The highest BCUT2D eigenvalue weighted by molar-refractivity contribution is 8.01. The summed E-state index contributed by atoms with van der Waals surface area (Å²) >= 11 is 2.64. The first-order valence-corrected chi connectivity index (χ1v) is 6.34. The number of imidazole rings is 1. The Morgan fingerprint density at radius 1 is 1.41 bits per heavy atom. The highest BCUT2D eigenvalue weighted by atomic mass is 32.2. The average Bonchev–Trinajstić information content (AvgIpc) is 2.96. The second-order valence-electron chi connectivity index (χ2n) is 3.16. The van der Waals surface area contributed by atoms with Gasteiger partial charge in [-0.3, -0.25) is 9.20 Å². The number of hydrogen-bond donors (Lipinski definition) is 0. The Morgan fingerprint density at radius 3 is 3.12 bits per heavy atom. The first-order valence-electron chi connectivity index (χ1n) is 4.75. The monoisotopic (exact) mass is 262 g/mol. The first-order chi connectivity index (χ1) is 8.38. The van der Waals surface area contributed by atoms with Crippen molar-refractivity contribution in [3.05, 3.63) is 36.4 Å². The van der Waals surface area contributed by atoms with Crippen molar-refractivity contribution in [3.63, 3.8) is 0 Å². The van der Waals surface area contributed by atoms with Crippen molar-refractivity contribution in [2.45, 2.75) is 9.37 Å². The average molecular weight is 262 g/mol. The summed E-state index contributed by atoms with van der Waals surface area (Å²) in [6.07, 6.45) is 4.11. The molecule has 0 spiro atoms. The first kappa shape index (κ1) is 10.4. The lowest BCUT2D eigenvalue weighted by Crippen LogP contribution is -1.90. The van der Waals surface area contributed by atoms with Crippen LogP contribution in [0.4, 0.5) is 0 Å². The molecule has 0 radical (unpaired) electrons. The summed E-state index contributed by atoms with van der Waals surface area (Å²) in [6.45, 7) is 0. The molecule has 0 aromatic carbocycles. The van der Waals surface area contributed by atoms with Crippen LogP contribution in [0.5, 0.6) is 0 Å². The third kappa shape index (κ3) is 1.83. The molecule has 3 aromatic rings. The normalized spacial score (nSPS) is 10.8. The summed E-state index contributed by atoms with van der Waals surface area (Å²) in [5.74, 6) is 0. The van der Waals surface area contributed by atoms with E-state index in [2.05, 4.69) is 14.3 Å². The lowest BCUT2D eigenvalue weighted by atomic mass is 10.4. The predicted octanol–water partition coefficient (Wildman–Crippen LogP) is 2.15. The van der Waals surface area contributed by atoms with Gasteiger partial charge in [-0.25, -0.2) is 9.97 Å². The van der Waals surface area contributed by atoms with E-state index in [4.69, 9.17) is 0 Å². The molecule has 3 rings (SSSR count). The summed E-state index contributed by atoms with van der Waals surface area (Å²) in [6, 6.07) is 5.61. The fraction of sp³-hybridized carbons (Fsp3) is 0. The topological polar surface area (TPSA) is 60.2 Å². The summed E-state index contributed by atoms with van der Waals surface area (Å²) in [4.78, 5) is 19.6. The molecule has 7 heteroatoms. The zero-order valence-electron chi connectivity index (χ0n) is 8.48. The zero-order valence-corrected chi connectivity index (χ0v) is 10.1. The molecule has 5 nitrogen and oxygen atoms in total. The van der Waals surface area contributed by atoms with E-state index < -0.39 is 0 Å². The maximum Gasteiger partial charge on any atom is 0.176 e. The lowest BCUT2D eigenvalue weighted by molar-refractivity contribution is 0.111. The third-order valence-corrected chi connectivity index (χ3v) is 3.88. The van der Waals surface area contributed by atoms with Gasteiger partial charge in [0.15, 0.2) is 10.6 Å². The molecule has 0 unspecified atom stereocenters. The van der Waals surface area contributed by atoms with Gasteiger partial charge in [-0.15, -0.1) is 0 Å². The molecular weight excluding hydrogens is 256 g/mol. The van der Waals surface area contributed by atoms with Crippen molar-refractivity contribution in [3.8, 4) is 0 Å². The third-order valence-electron chi connectivity index (χ3n) is 2.17. The van der Waals surface area contributed by atoms with Crippen LogP contribution in [0, 0.1) is 0 Å². The van der Waals surface area contributed by atoms with Gasteiger partial charge >= 0.3 is 0 Å². The number of aromatic nitrogens is 4. The van der Waals surface area contributed by atoms with Crippen LogP contribution in [0.15, 0.2) is 40.1 Å². The van der Waals surface area contributed by atoms with E-state index in [1.807, 2.05) is 24.4 Å². The molecule has 0 amide bonds. The number of pyridine rings is 1. The minimum atomic E-state index is 0.542. The van der Waals surface area contributed by atoms with Crippen LogP contribution < -0.4 is 0 Å². The van der Waals surface area contributed by atoms with Gasteiger partial charge in [-0.1, -0.05) is 6.07 Å². The van der Waals surface area contributed by atoms with Crippen molar-refractivity contribution >= 4 is 35.2 Å². The van der Waals surface area contributed by atoms with Crippen LogP contribution in [0.1, 0.15) is 10.5 Å². The van der Waals surface area contributed by atoms with Gasteiger partial charge in [0, 0.05) is 6.20 Å². The maximum absolute atomic E-state index is 11.1. The molecule has 3 heterocycles. The summed E-state index contributed by atoms with van der Waals surface area (Å²) < 4.78 is 6.45. The number of carbonyl (C=O) groups excluding carboxylic acids is 1. The Hall–Kier alpha value is -1.73. The van der Waals surface area contributed by atoms with Crippen LogP contribution in [0.2, 0.25) is 0 Å². The van der Waals surface area contributed by atoms with Crippen LogP contribution in [-0.2, 0) is 0 Å². The summed E-state index contributed by atoms with van der Waals surface area (Å²) in [7, 11) is 0. The number of fused-ring (bicyclic) bond motifs is 1. The Bertz CT molecular complexity index is 662. The Kier molecular flexibility index (Phi) is 2.62. The molecule has 0 aliphatic rings. The summed E-state index contributed by atoms with van der Waals surface area (Å²) in [5, 5.41) is 0.656. The molecule has 0 saturated carbocycles. The van der Waals surface area contributed by atoms with Crippen molar-refractivity contribution in [2.75, 3.05) is 0 Å². The van der Waals surface area contributed by atoms with Gasteiger partial charge in [0.2, 0.25) is 0 Å². The van der Waals surface area contributed by atoms with Gasteiger partial charge in [0.25, 0.3) is 0 Å². The zero-order chi connectivity index (χ0) is 11.7. The second kappa shape index (κ2) is 4.27. The number of carbonyl (C=O) groups is 1. The molecule has 3 aromatic heterocycles. The Balaban J connectivity index is 2.12. The van der Waals surface area contributed by atoms with Crippen LogP contribution in [0.25, 0.3) is 5.65 Å². The van der Waals surface area contributed by atoms with E-state index in [1.54, 1.807) is 4.40 Å². The molecular formula is C10H6N4OS2. The van der Waals surface area contributed by atoms with E-state index in [1.165, 1.54) is 29.6 Å². The lowest BCUT2D eigenvalue weighted by Gasteiger charge is -1.94. The van der Waals surface area contributed by atoms with Crippen molar-refractivity contribution in [1.82, 2.24) is 18.7 Å². The molecule has 0 fully saturated rings. The Morgan fingerprint density at radius 2 is 2.35 bits per heavy atom. The molecule has 0 aliphatic heterocycles. The quantitative estimate of drug-likeness (QED) is 0.677. The standard InChI is InChI=1S/C10H6N4OS2/c15-5-7-9(16-10-11-6-12-17-10)13-8-3-1-2-4-14(7)8/h1-6H. The SMILES string of the molecule is O=Cc1c(Sc2ncns2)nc2ccccn12. The molecule has 0 aliphatic carbocycles. The minimum absolute atomic E-state index is 0.542. The Labute approximate surface area is 105 Å². The van der Waals surface area contributed by atoms with Crippen LogP contribution in [-0.4, -0.2) is 25.0 Å². The number of aldehydes is 1. The van der Waals surface area contributed by atoms with Gasteiger partial charge < -0.3 is 0 Å². The molecule has 0 bridgehead atoms. The number of rotatable bonds is 3.